The monoisotopic (exact) mass is 207 g/mol. The van der Waals surface area contributed by atoms with Crippen LogP contribution in [0.4, 0.5) is 0 Å². The molecular weight excluding hydrogens is 190 g/mol. The van der Waals surface area contributed by atoms with Crippen molar-refractivity contribution in [1.82, 2.24) is 5.32 Å². The summed E-state index contributed by atoms with van der Waals surface area (Å²) in [6, 6.07) is 9.68. The second kappa shape index (κ2) is 6.06. The fourth-order valence-corrected chi connectivity index (χ4v) is 1.24. The van der Waals surface area contributed by atoms with Crippen LogP contribution in [0.25, 0.3) is 0 Å². The molecule has 0 heterocycles. The third kappa shape index (κ3) is 5.05. The minimum atomic E-state index is 0.00177. The molecule has 1 unspecified atom stereocenters. The lowest BCUT2D eigenvalue weighted by Gasteiger charge is -2.14. The summed E-state index contributed by atoms with van der Waals surface area (Å²) in [4.78, 5) is 10.6. The van der Waals surface area contributed by atoms with Crippen LogP contribution in [0.15, 0.2) is 30.3 Å². The zero-order chi connectivity index (χ0) is 11.1. The molecule has 0 aliphatic rings. The second-order valence-electron chi connectivity index (χ2n) is 3.51. The molecule has 1 rings (SSSR count). The molecule has 1 N–H and O–H groups in total. The zero-order valence-corrected chi connectivity index (χ0v) is 9.19. The third-order valence-corrected chi connectivity index (χ3v) is 2.01. The summed E-state index contributed by atoms with van der Waals surface area (Å²) in [5.41, 5.74) is 0. The molecule has 3 nitrogen and oxygen atoms in total. The molecule has 3 heteroatoms. The Kier molecular flexibility index (Phi) is 4.68. The summed E-state index contributed by atoms with van der Waals surface area (Å²) in [7, 11) is 0. The number of nitrogens with one attached hydrogen (secondary N) is 1. The molecule has 15 heavy (non-hydrogen) atoms. The van der Waals surface area contributed by atoms with Crippen LogP contribution in [0.2, 0.25) is 0 Å². The largest absolute Gasteiger partial charge is 0.491 e. The Morgan fingerprint density at radius 2 is 2.07 bits per heavy atom. The van der Waals surface area contributed by atoms with Crippen LogP contribution in [-0.2, 0) is 4.79 Å². The highest BCUT2D eigenvalue weighted by Gasteiger charge is 2.03. The van der Waals surface area contributed by atoms with Crippen LogP contribution < -0.4 is 10.1 Å². The van der Waals surface area contributed by atoms with Crippen LogP contribution in [-0.4, -0.2) is 18.6 Å². The Hall–Kier alpha value is -1.51. The zero-order valence-electron chi connectivity index (χ0n) is 9.19. The molecule has 1 atom stereocenters. The minimum Gasteiger partial charge on any atom is -0.491 e. The second-order valence-corrected chi connectivity index (χ2v) is 3.51. The first-order valence-corrected chi connectivity index (χ1v) is 5.14. The predicted molar refractivity (Wildman–Crippen MR) is 59.8 cm³/mol. The summed E-state index contributed by atoms with van der Waals surface area (Å²) in [6.07, 6.45) is 0.924. The fourth-order valence-electron chi connectivity index (χ4n) is 1.24. The number of benzene rings is 1. The van der Waals surface area contributed by atoms with E-state index in [0.29, 0.717) is 6.54 Å². The highest BCUT2D eigenvalue weighted by Crippen LogP contribution is 2.11. The number of ether oxygens (including phenoxy) is 1. The Balaban J connectivity index is 2.24. The van der Waals surface area contributed by atoms with Crippen molar-refractivity contribution >= 4 is 5.91 Å². The SMILES string of the molecule is CC(=O)NCCC(C)Oc1ccccc1. The Bertz CT molecular complexity index is 298. The maximum absolute atomic E-state index is 10.6. The van der Waals surface area contributed by atoms with Gasteiger partial charge in [0.25, 0.3) is 0 Å². The first-order valence-electron chi connectivity index (χ1n) is 5.14. The van der Waals surface area contributed by atoms with Gasteiger partial charge in [0.15, 0.2) is 0 Å². The van der Waals surface area contributed by atoms with Crippen LogP contribution in [0.5, 0.6) is 5.75 Å². The molecule has 0 aliphatic carbocycles. The van der Waals surface area contributed by atoms with E-state index in [1.165, 1.54) is 6.92 Å². The van der Waals surface area contributed by atoms with Crippen LogP contribution in [0.3, 0.4) is 0 Å². The maximum Gasteiger partial charge on any atom is 0.216 e. The highest BCUT2D eigenvalue weighted by atomic mass is 16.5. The molecule has 1 aromatic carbocycles. The van der Waals surface area contributed by atoms with Crippen molar-refractivity contribution in [2.75, 3.05) is 6.54 Å². The van der Waals surface area contributed by atoms with Crippen molar-refractivity contribution in [2.45, 2.75) is 26.4 Å². The van der Waals surface area contributed by atoms with E-state index in [4.69, 9.17) is 4.74 Å². The molecule has 0 aliphatic heterocycles. The van der Waals surface area contributed by atoms with Gasteiger partial charge in [0.1, 0.15) is 5.75 Å². The van der Waals surface area contributed by atoms with E-state index < -0.39 is 0 Å². The number of para-hydroxylation sites is 1. The number of carbonyl (C=O) groups is 1. The van der Waals surface area contributed by atoms with Crippen LogP contribution in [0, 0.1) is 0 Å². The molecule has 0 fully saturated rings. The Morgan fingerprint density at radius 1 is 1.40 bits per heavy atom. The van der Waals surface area contributed by atoms with Gasteiger partial charge in [-0.15, -0.1) is 0 Å². The first-order chi connectivity index (χ1) is 7.18. The lowest BCUT2D eigenvalue weighted by molar-refractivity contribution is -0.119. The van der Waals surface area contributed by atoms with Crippen LogP contribution in [0.1, 0.15) is 20.3 Å². The number of carbonyl (C=O) groups excluding carboxylic acids is 1. The molecule has 0 bridgehead atoms. The lowest BCUT2D eigenvalue weighted by Crippen LogP contribution is -2.25. The quantitative estimate of drug-likeness (QED) is 0.801. The van der Waals surface area contributed by atoms with Crippen molar-refractivity contribution < 1.29 is 9.53 Å². The van der Waals surface area contributed by atoms with Crippen LogP contribution >= 0.6 is 0 Å². The first kappa shape index (κ1) is 11.6. The van der Waals surface area contributed by atoms with Crippen molar-refractivity contribution in [3.8, 4) is 5.75 Å². The third-order valence-electron chi connectivity index (χ3n) is 2.01. The average Bonchev–Trinajstić information content (AvgIpc) is 2.18. The van der Waals surface area contributed by atoms with Crippen molar-refractivity contribution in [1.29, 1.82) is 0 Å². The lowest BCUT2D eigenvalue weighted by atomic mass is 10.2. The van der Waals surface area contributed by atoms with Gasteiger partial charge in [-0.05, 0) is 19.1 Å². The van der Waals surface area contributed by atoms with Crippen molar-refractivity contribution in [3.63, 3.8) is 0 Å². The topological polar surface area (TPSA) is 38.3 Å². The average molecular weight is 207 g/mol. The molecule has 0 spiro atoms. The van der Waals surface area contributed by atoms with E-state index in [1.807, 2.05) is 37.3 Å². The standard InChI is InChI=1S/C12H17NO2/c1-10(8-9-13-11(2)14)15-12-6-4-3-5-7-12/h3-7,10H,8-9H2,1-2H3,(H,13,14). The molecule has 0 aromatic heterocycles. The molecule has 0 saturated heterocycles. The van der Waals surface area contributed by atoms with E-state index in [2.05, 4.69) is 5.32 Å². The van der Waals surface area contributed by atoms with E-state index in [1.54, 1.807) is 0 Å². The van der Waals surface area contributed by atoms with Gasteiger partial charge in [-0.1, -0.05) is 18.2 Å². The van der Waals surface area contributed by atoms with Gasteiger partial charge in [0.05, 0.1) is 6.10 Å². The van der Waals surface area contributed by atoms with Gasteiger partial charge >= 0.3 is 0 Å². The maximum atomic E-state index is 10.6. The summed E-state index contributed by atoms with van der Waals surface area (Å²) in [6.45, 7) is 4.17. The van der Waals surface area contributed by atoms with E-state index in [0.717, 1.165) is 12.2 Å². The normalized spacial score (nSPS) is 11.9. The molecule has 0 saturated carbocycles. The number of hydrogen-bond acceptors (Lipinski definition) is 2. The fraction of sp³-hybridized carbons (Fsp3) is 0.417. The Labute approximate surface area is 90.4 Å². The Morgan fingerprint density at radius 3 is 2.67 bits per heavy atom. The number of rotatable bonds is 5. The molecular formula is C12H17NO2. The summed E-state index contributed by atoms with van der Waals surface area (Å²) in [5.74, 6) is 0.870. The van der Waals surface area contributed by atoms with Gasteiger partial charge in [0.2, 0.25) is 5.91 Å². The summed E-state index contributed by atoms with van der Waals surface area (Å²) >= 11 is 0. The number of amides is 1. The van der Waals surface area contributed by atoms with Gasteiger partial charge in [-0.2, -0.15) is 0 Å². The minimum absolute atomic E-state index is 0.00177. The molecule has 82 valence electrons. The van der Waals surface area contributed by atoms with Crippen molar-refractivity contribution in [2.24, 2.45) is 0 Å². The molecule has 1 aromatic rings. The summed E-state index contributed by atoms with van der Waals surface area (Å²) in [5, 5.41) is 2.74. The van der Waals surface area contributed by atoms with E-state index in [-0.39, 0.29) is 12.0 Å². The van der Waals surface area contributed by atoms with E-state index >= 15 is 0 Å². The van der Waals surface area contributed by atoms with Gasteiger partial charge in [0, 0.05) is 19.9 Å². The number of hydrogen-bond donors (Lipinski definition) is 1. The summed E-state index contributed by atoms with van der Waals surface area (Å²) < 4.78 is 5.64. The molecule has 0 radical (unpaired) electrons. The van der Waals surface area contributed by atoms with Crippen molar-refractivity contribution in [3.05, 3.63) is 30.3 Å². The molecule has 1 amide bonds. The van der Waals surface area contributed by atoms with Gasteiger partial charge in [-0.3, -0.25) is 4.79 Å². The van der Waals surface area contributed by atoms with Gasteiger partial charge < -0.3 is 10.1 Å². The smallest absolute Gasteiger partial charge is 0.216 e. The predicted octanol–water partition coefficient (Wildman–Crippen LogP) is 1.98. The van der Waals surface area contributed by atoms with Gasteiger partial charge in [-0.25, -0.2) is 0 Å². The highest BCUT2D eigenvalue weighted by molar-refractivity contribution is 5.72. The van der Waals surface area contributed by atoms with E-state index in [9.17, 15) is 4.79 Å².